The zero-order valence-corrected chi connectivity index (χ0v) is 11.6. The fourth-order valence-electron chi connectivity index (χ4n) is 1.58. The van der Waals surface area contributed by atoms with Gasteiger partial charge in [0.15, 0.2) is 0 Å². The van der Waals surface area contributed by atoms with E-state index >= 15 is 0 Å². The van der Waals surface area contributed by atoms with Crippen molar-refractivity contribution < 1.29 is 9.32 Å². The monoisotopic (exact) mass is 270 g/mol. The van der Waals surface area contributed by atoms with Crippen LogP contribution < -0.4 is 21.9 Å². The van der Waals surface area contributed by atoms with Gasteiger partial charge in [-0.3, -0.25) is 5.43 Å². The molecule has 0 saturated heterocycles. The number of rotatable bonds is 7. The summed E-state index contributed by atoms with van der Waals surface area (Å²) < 4.78 is 4.74. The Balaban J connectivity index is 2.25. The van der Waals surface area contributed by atoms with E-state index in [4.69, 9.17) is 10.3 Å². The van der Waals surface area contributed by atoms with Gasteiger partial charge in [0.25, 0.3) is 0 Å². The van der Waals surface area contributed by atoms with Gasteiger partial charge in [0, 0.05) is 13.1 Å². The third kappa shape index (κ3) is 4.76. The predicted octanol–water partition coefficient (Wildman–Crippen LogP) is 0.533. The summed E-state index contributed by atoms with van der Waals surface area (Å²) in [5.74, 6) is 0.0933. The summed E-state index contributed by atoms with van der Waals surface area (Å²) in [7, 11) is 0. The second-order valence-corrected chi connectivity index (χ2v) is 4.04. The lowest BCUT2D eigenvalue weighted by atomic mass is 10.4. The molecule has 2 amide bonds. The number of carbonyl (C=O) groups is 1. The Morgan fingerprint density at radius 1 is 1.42 bits per heavy atom. The van der Waals surface area contributed by atoms with Gasteiger partial charge in [-0.2, -0.15) is 0 Å². The predicted molar refractivity (Wildman–Crippen MR) is 73.6 cm³/mol. The maximum atomic E-state index is 11.6. The molecule has 0 aromatic carbocycles. The lowest BCUT2D eigenvalue weighted by Gasteiger charge is -2.18. The minimum atomic E-state index is -0.405. The van der Waals surface area contributed by atoms with Crippen molar-refractivity contribution in [1.82, 2.24) is 20.9 Å². The number of carbonyl (C=O) groups excluding carboxylic acids is 1. The van der Waals surface area contributed by atoms with Crippen molar-refractivity contribution in [3.63, 3.8) is 0 Å². The Hall–Kier alpha value is -1.80. The zero-order chi connectivity index (χ0) is 14.3. The minimum absolute atomic E-state index is 0.0933. The SMILES string of the molecule is CCN(CC)CCNNC(=O)Nc1c(C)noc1N. The lowest BCUT2D eigenvalue weighted by molar-refractivity contribution is 0.245. The molecular weight excluding hydrogens is 248 g/mol. The summed E-state index contributed by atoms with van der Waals surface area (Å²) in [6.07, 6.45) is 0. The van der Waals surface area contributed by atoms with E-state index in [1.807, 2.05) is 0 Å². The van der Waals surface area contributed by atoms with Gasteiger partial charge in [-0.15, -0.1) is 0 Å². The molecule has 0 aliphatic heterocycles. The maximum absolute atomic E-state index is 11.6. The smallest absolute Gasteiger partial charge is 0.333 e. The van der Waals surface area contributed by atoms with Gasteiger partial charge >= 0.3 is 6.03 Å². The van der Waals surface area contributed by atoms with Crippen LogP contribution in [0.1, 0.15) is 19.5 Å². The van der Waals surface area contributed by atoms with E-state index in [2.05, 4.69) is 40.1 Å². The van der Waals surface area contributed by atoms with Crippen LogP contribution in [0.25, 0.3) is 0 Å². The van der Waals surface area contributed by atoms with Gasteiger partial charge < -0.3 is 20.5 Å². The Bertz CT molecular complexity index is 382. The number of aryl methyl sites for hydroxylation is 1. The highest BCUT2D eigenvalue weighted by atomic mass is 16.5. The van der Waals surface area contributed by atoms with E-state index in [0.29, 0.717) is 17.9 Å². The lowest BCUT2D eigenvalue weighted by Crippen LogP contribution is -2.44. The van der Waals surface area contributed by atoms with Crippen molar-refractivity contribution in [2.24, 2.45) is 0 Å². The molecule has 8 heteroatoms. The van der Waals surface area contributed by atoms with Crippen molar-refractivity contribution in [3.05, 3.63) is 5.69 Å². The molecule has 1 heterocycles. The number of aromatic nitrogens is 1. The largest absolute Gasteiger partial charge is 0.366 e. The van der Waals surface area contributed by atoms with Crippen LogP contribution in [0.5, 0.6) is 0 Å². The highest BCUT2D eigenvalue weighted by Crippen LogP contribution is 2.21. The van der Waals surface area contributed by atoms with Crippen molar-refractivity contribution >= 4 is 17.6 Å². The molecular formula is C11H22N6O2. The standard InChI is InChI=1S/C11H22N6O2/c1-4-17(5-2)7-6-13-15-11(18)14-9-8(3)16-19-10(9)12/h13H,4-7,12H2,1-3H3,(H2,14,15,18). The number of nitrogen functional groups attached to an aromatic ring is 1. The first-order chi connectivity index (χ1) is 9.08. The summed E-state index contributed by atoms with van der Waals surface area (Å²) in [5, 5.41) is 6.21. The molecule has 0 unspecified atom stereocenters. The first kappa shape index (κ1) is 15.3. The van der Waals surface area contributed by atoms with Gasteiger partial charge in [0.2, 0.25) is 5.88 Å². The Labute approximate surface area is 112 Å². The summed E-state index contributed by atoms with van der Waals surface area (Å²) in [6.45, 7) is 9.39. The van der Waals surface area contributed by atoms with Crippen molar-refractivity contribution in [1.29, 1.82) is 0 Å². The van der Waals surface area contributed by atoms with E-state index in [9.17, 15) is 4.79 Å². The molecule has 1 aromatic heterocycles. The number of nitrogens with zero attached hydrogens (tertiary/aromatic N) is 2. The fraction of sp³-hybridized carbons (Fsp3) is 0.636. The van der Waals surface area contributed by atoms with E-state index < -0.39 is 6.03 Å². The van der Waals surface area contributed by atoms with Crippen molar-refractivity contribution in [2.45, 2.75) is 20.8 Å². The van der Waals surface area contributed by atoms with Crippen LogP contribution in [0.3, 0.4) is 0 Å². The molecule has 0 radical (unpaired) electrons. The number of likely N-dealkylation sites (N-methyl/N-ethyl adjacent to an activating group) is 1. The van der Waals surface area contributed by atoms with E-state index in [1.165, 1.54) is 0 Å². The summed E-state index contributed by atoms with van der Waals surface area (Å²) in [4.78, 5) is 13.8. The molecule has 1 aromatic rings. The number of urea groups is 1. The second-order valence-electron chi connectivity index (χ2n) is 4.04. The molecule has 1 rings (SSSR count). The topological polar surface area (TPSA) is 108 Å². The van der Waals surface area contributed by atoms with Gasteiger partial charge in [-0.05, 0) is 20.0 Å². The number of anilines is 2. The van der Waals surface area contributed by atoms with Gasteiger partial charge in [0.1, 0.15) is 11.4 Å². The highest BCUT2D eigenvalue weighted by molar-refractivity contribution is 5.92. The first-order valence-corrected chi connectivity index (χ1v) is 6.32. The third-order valence-electron chi connectivity index (χ3n) is 2.78. The Morgan fingerprint density at radius 3 is 2.63 bits per heavy atom. The van der Waals surface area contributed by atoms with Crippen LogP contribution in [0.15, 0.2) is 4.52 Å². The minimum Gasteiger partial charge on any atom is -0.366 e. The average Bonchev–Trinajstić information content (AvgIpc) is 2.71. The number of nitrogens with two attached hydrogens (primary N) is 1. The number of hydrogen-bond acceptors (Lipinski definition) is 6. The first-order valence-electron chi connectivity index (χ1n) is 6.32. The summed E-state index contributed by atoms with van der Waals surface area (Å²) in [6, 6.07) is -0.405. The van der Waals surface area contributed by atoms with E-state index in [-0.39, 0.29) is 5.88 Å². The van der Waals surface area contributed by atoms with E-state index in [0.717, 1.165) is 19.6 Å². The molecule has 0 aliphatic carbocycles. The van der Waals surface area contributed by atoms with Crippen LogP contribution in [0.2, 0.25) is 0 Å². The molecule has 5 N–H and O–H groups in total. The molecule has 0 saturated carbocycles. The maximum Gasteiger partial charge on any atom is 0.333 e. The van der Waals surface area contributed by atoms with Crippen LogP contribution >= 0.6 is 0 Å². The second kappa shape index (κ2) is 7.59. The Kier molecular flexibility index (Phi) is 6.10. The van der Waals surface area contributed by atoms with Gasteiger partial charge in [-0.1, -0.05) is 19.0 Å². The molecule has 0 spiro atoms. The Morgan fingerprint density at radius 2 is 2.11 bits per heavy atom. The van der Waals surface area contributed by atoms with Gasteiger partial charge in [-0.25, -0.2) is 10.2 Å². The molecule has 19 heavy (non-hydrogen) atoms. The molecule has 0 fully saturated rings. The number of hydrazine groups is 1. The van der Waals surface area contributed by atoms with Gasteiger partial charge in [0.05, 0.1) is 0 Å². The van der Waals surface area contributed by atoms with Crippen LogP contribution in [-0.2, 0) is 0 Å². The average molecular weight is 270 g/mol. The van der Waals surface area contributed by atoms with Crippen LogP contribution in [-0.4, -0.2) is 42.3 Å². The molecule has 0 bridgehead atoms. The third-order valence-corrected chi connectivity index (χ3v) is 2.78. The molecule has 0 aliphatic rings. The highest BCUT2D eigenvalue weighted by Gasteiger charge is 2.12. The zero-order valence-electron chi connectivity index (χ0n) is 11.6. The summed E-state index contributed by atoms with van der Waals surface area (Å²) in [5.41, 5.74) is 11.8. The molecule has 0 atom stereocenters. The number of hydrogen-bond donors (Lipinski definition) is 4. The van der Waals surface area contributed by atoms with Crippen LogP contribution in [0, 0.1) is 6.92 Å². The normalized spacial score (nSPS) is 10.7. The van der Waals surface area contributed by atoms with Crippen LogP contribution in [0.4, 0.5) is 16.4 Å². The molecule has 108 valence electrons. The molecule has 8 nitrogen and oxygen atoms in total. The number of amides is 2. The summed E-state index contributed by atoms with van der Waals surface area (Å²) >= 11 is 0. The van der Waals surface area contributed by atoms with Crippen molar-refractivity contribution in [3.8, 4) is 0 Å². The quantitative estimate of drug-likeness (QED) is 0.425. The number of nitrogens with one attached hydrogen (secondary N) is 3. The van der Waals surface area contributed by atoms with Crippen molar-refractivity contribution in [2.75, 3.05) is 37.2 Å². The fourth-order valence-corrected chi connectivity index (χ4v) is 1.58. The van der Waals surface area contributed by atoms with E-state index in [1.54, 1.807) is 6.92 Å².